The summed E-state index contributed by atoms with van der Waals surface area (Å²) in [4.78, 5) is 30.1. The SMILES string of the molecule is O=C(NCCc1ccccn1)[C@@H]1CC(=O)N(CC2CC2)C1. The second-order valence-corrected chi connectivity index (χ2v) is 6.01. The van der Waals surface area contributed by atoms with Crippen molar-refractivity contribution in [3.63, 3.8) is 0 Å². The van der Waals surface area contributed by atoms with Crippen LogP contribution in [0.3, 0.4) is 0 Å². The lowest BCUT2D eigenvalue weighted by molar-refractivity contribution is -0.129. The molecule has 0 spiro atoms. The molecule has 1 atom stereocenters. The van der Waals surface area contributed by atoms with Crippen LogP contribution in [-0.4, -0.2) is 41.3 Å². The molecule has 2 aliphatic rings. The van der Waals surface area contributed by atoms with E-state index in [1.807, 2.05) is 23.1 Å². The molecule has 1 aromatic heterocycles. The van der Waals surface area contributed by atoms with Crippen LogP contribution in [0.15, 0.2) is 24.4 Å². The van der Waals surface area contributed by atoms with Gasteiger partial charge in [-0.1, -0.05) is 6.07 Å². The number of hydrogen-bond donors (Lipinski definition) is 1. The molecule has 3 rings (SSSR count). The lowest BCUT2D eigenvalue weighted by Crippen LogP contribution is -2.34. The number of nitrogens with one attached hydrogen (secondary N) is 1. The van der Waals surface area contributed by atoms with E-state index in [-0.39, 0.29) is 17.7 Å². The summed E-state index contributed by atoms with van der Waals surface area (Å²) >= 11 is 0. The average molecular weight is 287 g/mol. The predicted octanol–water partition coefficient (Wildman–Crippen LogP) is 0.999. The monoisotopic (exact) mass is 287 g/mol. The maximum Gasteiger partial charge on any atom is 0.225 e. The predicted molar refractivity (Wildman–Crippen MR) is 78.4 cm³/mol. The Morgan fingerprint density at radius 3 is 2.95 bits per heavy atom. The third-order valence-corrected chi connectivity index (χ3v) is 4.17. The van der Waals surface area contributed by atoms with Crippen LogP contribution in [0.2, 0.25) is 0 Å². The number of hydrogen-bond acceptors (Lipinski definition) is 3. The highest BCUT2D eigenvalue weighted by Crippen LogP contribution is 2.31. The van der Waals surface area contributed by atoms with Crippen molar-refractivity contribution in [3.8, 4) is 0 Å². The Hall–Kier alpha value is -1.91. The van der Waals surface area contributed by atoms with E-state index in [0.29, 0.717) is 25.4 Å². The van der Waals surface area contributed by atoms with E-state index in [0.717, 1.165) is 18.7 Å². The largest absolute Gasteiger partial charge is 0.355 e. The molecular weight excluding hydrogens is 266 g/mol. The fourth-order valence-corrected chi connectivity index (χ4v) is 2.74. The van der Waals surface area contributed by atoms with Gasteiger partial charge in [-0.2, -0.15) is 0 Å². The minimum absolute atomic E-state index is 0.00224. The van der Waals surface area contributed by atoms with Gasteiger partial charge in [0.25, 0.3) is 0 Å². The Labute approximate surface area is 124 Å². The van der Waals surface area contributed by atoms with Gasteiger partial charge in [0.2, 0.25) is 11.8 Å². The van der Waals surface area contributed by atoms with Gasteiger partial charge in [0.1, 0.15) is 0 Å². The van der Waals surface area contributed by atoms with Gasteiger partial charge in [0.05, 0.1) is 5.92 Å². The van der Waals surface area contributed by atoms with Gasteiger partial charge >= 0.3 is 0 Å². The van der Waals surface area contributed by atoms with E-state index in [1.165, 1.54) is 12.8 Å². The summed E-state index contributed by atoms with van der Waals surface area (Å²) in [6, 6.07) is 5.76. The zero-order valence-corrected chi connectivity index (χ0v) is 12.1. The lowest BCUT2D eigenvalue weighted by atomic mass is 10.1. The van der Waals surface area contributed by atoms with Crippen LogP contribution < -0.4 is 5.32 Å². The second kappa shape index (κ2) is 6.24. The van der Waals surface area contributed by atoms with Crippen LogP contribution in [0.4, 0.5) is 0 Å². The maximum absolute atomic E-state index is 12.1. The Balaban J connectivity index is 1.42. The van der Waals surface area contributed by atoms with Gasteiger partial charge in [0, 0.05) is 44.4 Å². The molecule has 0 radical (unpaired) electrons. The molecule has 2 heterocycles. The molecule has 1 saturated carbocycles. The third kappa shape index (κ3) is 3.80. The summed E-state index contributed by atoms with van der Waals surface area (Å²) in [5.74, 6) is 0.629. The van der Waals surface area contributed by atoms with Gasteiger partial charge in [-0.3, -0.25) is 14.6 Å². The molecule has 1 aliphatic heterocycles. The first-order valence-electron chi connectivity index (χ1n) is 7.68. The zero-order chi connectivity index (χ0) is 14.7. The minimum atomic E-state index is -0.181. The van der Waals surface area contributed by atoms with Gasteiger partial charge < -0.3 is 10.2 Å². The van der Waals surface area contributed by atoms with Gasteiger partial charge in [0.15, 0.2) is 0 Å². The lowest BCUT2D eigenvalue weighted by Gasteiger charge is -2.15. The topological polar surface area (TPSA) is 62.3 Å². The quantitative estimate of drug-likeness (QED) is 0.849. The Morgan fingerprint density at radius 2 is 2.24 bits per heavy atom. The van der Waals surface area contributed by atoms with Crippen molar-refractivity contribution in [2.75, 3.05) is 19.6 Å². The molecule has 0 aromatic carbocycles. The van der Waals surface area contributed by atoms with E-state index in [1.54, 1.807) is 6.20 Å². The normalized spacial score (nSPS) is 21.6. The Morgan fingerprint density at radius 1 is 1.38 bits per heavy atom. The van der Waals surface area contributed by atoms with Crippen molar-refractivity contribution in [3.05, 3.63) is 30.1 Å². The fraction of sp³-hybridized carbons (Fsp3) is 0.562. The molecule has 0 unspecified atom stereocenters. The number of nitrogens with zero attached hydrogens (tertiary/aromatic N) is 2. The molecule has 1 aliphatic carbocycles. The van der Waals surface area contributed by atoms with Crippen LogP contribution in [0.25, 0.3) is 0 Å². The number of rotatable bonds is 6. The highest BCUT2D eigenvalue weighted by atomic mass is 16.2. The zero-order valence-electron chi connectivity index (χ0n) is 12.1. The summed E-state index contributed by atoms with van der Waals surface area (Å²) in [6.45, 7) is 2.00. The molecule has 5 heteroatoms. The van der Waals surface area contributed by atoms with Crippen molar-refractivity contribution in [1.82, 2.24) is 15.2 Å². The second-order valence-electron chi connectivity index (χ2n) is 6.01. The van der Waals surface area contributed by atoms with Crippen LogP contribution in [0.1, 0.15) is 25.0 Å². The molecule has 1 aromatic rings. The highest BCUT2D eigenvalue weighted by Gasteiger charge is 2.36. The number of carbonyl (C=O) groups is 2. The standard InChI is InChI=1S/C16H21N3O2/c20-15-9-13(11-19(15)10-12-4-5-12)16(21)18-8-6-14-3-1-2-7-17-14/h1-3,7,12-13H,4-6,8-11H2,(H,18,21)/t13-/m1/s1. The molecule has 5 nitrogen and oxygen atoms in total. The number of amides is 2. The Bertz CT molecular complexity index is 514. The molecule has 0 bridgehead atoms. The summed E-state index contributed by atoms with van der Waals surface area (Å²) < 4.78 is 0. The van der Waals surface area contributed by atoms with Crippen molar-refractivity contribution in [2.45, 2.75) is 25.7 Å². The highest BCUT2D eigenvalue weighted by molar-refractivity contribution is 5.89. The average Bonchev–Trinajstić information content (AvgIpc) is 3.23. The Kier molecular flexibility index (Phi) is 4.18. The van der Waals surface area contributed by atoms with E-state index >= 15 is 0 Å². The smallest absolute Gasteiger partial charge is 0.225 e. The molecule has 2 amide bonds. The van der Waals surface area contributed by atoms with Gasteiger partial charge in [-0.15, -0.1) is 0 Å². The van der Waals surface area contributed by atoms with Crippen molar-refractivity contribution < 1.29 is 9.59 Å². The van der Waals surface area contributed by atoms with E-state index in [2.05, 4.69) is 10.3 Å². The number of aromatic nitrogens is 1. The van der Waals surface area contributed by atoms with E-state index < -0.39 is 0 Å². The molecule has 112 valence electrons. The third-order valence-electron chi connectivity index (χ3n) is 4.17. The number of carbonyl (C=O) groups excluding carboxylic acids is 2. The summed E-state index contributed by atoms with van der Waals surface area (Å²) in [6.07, 6.45) is 5.29. The molecule has 1 N–H and O–H groups in total. The first-order valence-corrected chi connectivity index (χ1v) is 7.68. The summed E-state index contributed by atoms with van der Waals surface area (Å²) in [7, 11) is 0. The molecule has 1 saturated heterocycles. The molecule has 2 fully saturated rings. The van der Waals surface area contributed by atoms with Crippen LogP contribution >= 0.6 is 0 Å². The minimum Gasteiger partial charge on any atom is -0.355 e. The van der Waals surface area contributed by atoms with Crippen LogP contribution in [-0.2, 0) is 16.0 Å². The first-order chi connectivity index (χ1) is 10.2. The molecule has 21 heavy (non-hydrogen) atoms. The van der Waals surface area contributed by atoms with Crippen molar-refractivity contribution >= 4 is 11.8 Å². The summed E-state index contributed by atoms with van der Waals surface area (Å²) in [5, 5.41) is 2.93. The van der Waals surface area contributed by atoms with E-state index in [4.69, 9.17) is 0 Å². The summed E-state index contributed by atoms with van der Waals surface area (Å²) in [5.41, 5.74) is 0.968. The van der Waals surface area contributed by atoms with E-state index in [9.17, 15) is 9.59 Å². The van der Waals surface area contributed by atoms with Gasteiger partial charge in [-0.25, -0.2) is 0 Å². The maximum atomic E-state index is 12.1. The van der Waals surface area contributed by atoms with Crippen molar-refractivity contribution in [1.29, 1.82) is 0 Å². The van der Waals surface area contributed by atoms with Gasteiger partial charge in [-0.05, 0) is 30.9 Å². The first kappa shape index (κ1) is 14.0. The fourth-order valence-electron chi connectivity index (χ4n) is 2.74. The van der Waals surface area contributed by atoms with Crippen LogP contribution in [0.5, 0.6) is 0 Å². The molecular formula is C16H21N3O2. The van der Waals surface area contributed by atoms with Crippen molar-refractivity contribution in [2.24, 2.45) is 11.8 Å². The number of pyridine rings is 1. The van der Waals surface area contributed by atoms with Crippen LogP contribution in [0, 0.1) is 11.8 Å². The number of likely N-dealkylation sites (tertiary alicyclic amines) is 1.